The van der Waals surface area contributed by atoms with Crippen LogP contribution < -0.4 is 4.74 Å². The predicted molar refractivity (Wildman–Crippen MR) is 75.6 cm³/mol. The summed E-state index contributed by atoms with van der Waals surface area (Å²) >= 11 is 0. The first-order valence-electron chi connectivity index (χ1n) is 7.00. The lowest BCUT2D eigenvalue weighted by molar-refractivity contribution is -0.187. The molecule has 0 N–H and O–H groups in total. The largest absolute Gasteiger partial charge is 0.475 e. The van der Waals surface area contributed by atoms with E-state index in [4.69, 9.17) is 9.47 Å². The molecule has 1 aromatic carbocycles. The van der Waals surface area contributed by atoms with Crippen molar-refractivity contribution in [2.75, 3.05) is 6.61 Å². The van der Waals surface area contributed by atoms with E-state index in [1.807, 2.05) is 13.8 Å². The number of esters is 1. The Kier molecular flexibility index (Phi) is 4.49. The SMILES string of the molecule is CCOC(=O)C1=Cc2cc(C(C)C)ccc2OC1C(F)(F)F. The molecule has 3 nitrogen and oxygen atoms in total. The van der Waals surface area contributed by atoms with Crippen molar-refractivity contribution in [3.8, 4) is 5.75 Å². The Morgan fingerprint density at radius 1 is 1.36 bits per heavy atom. The fourth-order valence-corrected chi connectivity index (χ4v) is 2.20. The van der Waals surface area contributed by atoms with Gasteiger partial charge in [-0.25, -0.2) is 4.79 Å². The highest BCUT2D eigenvalue weighted by Crippen LogP contribution is 2.38. The van der Waals surface area contributed by atoms with Crippen molar-refractivity contribution in [2.45, 2.75) is 39.0 Å². The third-order valence-electron chi connectivity index (χ3n) is 3.35. The molecule has 1 aliphatic heterocycles. The third kappa shape index (κ3) is 3.26. The van der Waals surface area contributed by atoms with E-state index < -0.39 is 23.8 Å². The normalized spacial score (nSPS) is 17.6. The molecule has 0 aromatic heterocycles. The number of rotatable bonds is 3. The predicted octanol–water partition coefficient (Wildman–Crippen LogP) is 4.08. The number of carbonyl (C=O) groups excluding carboxylic acids is 1. The van der Waals surface area contributed by atoms with Gasteiger partial charge in [0.2, 0.25) is 6.10 Å². The average Bonchev–Trinajstić information content (AvgIpc) is 2.44. The molecular formula is C16H17F3O3. The molecule has 0 fully saturated rings. The van der Waals surface area contributed by atoms with Gasteiger partial charge in [-0.3, -0.25) is 0 Å². The lowest BCUT2D eigenvalue weighted by Gasteiger charge is -2.28. The Bertz CT molecular complexity index is 603. The fourth-order valence-electron chi connectivity index (χ4n) is 2.20. The lowest BCUT2D eigenvalue weighted by Crippen LogP contribution is -2.40. The van der Waals surface area contributed by atoms with Crippen molar-refractivity contribution in [1.29, 1.82) is 0 Å². The van der Waals surface area contributed by atoms with Crippen molar-refractivity contribution in [3.05, 3.63) is 34.9 Å². The van der Waals surface area contributed by atoms with Gasteiger partial charge in [0.15, 0.2) is 0 Å². The number of benzene rings is 1. The molecule has 1 aromatic rings. The number of fused-ring (bicyclic) bond motifs is 1. The number of alkyl halides is 3. The van der Waals surface area contributed by atoms with Crippen molar-refractivity contribution in [1.82, 2.24) is 0 Å². The van der Waals surface area contributed by atoms with E-state index in [0.29, 0.717) is 5.56 Å². The summed E-state index contributed by atoms with van der Waals surface area (Å²) in [6, 6.07) is 4.95. The van der Waals surface area contributed by atoms with Crippen molar-refractivity contribution < 1.29 is 27.4 Å². The molecule has 0 bridgehead atoms. The molecule has 0 spiro atoms. The van der Waals surface area contributed by atoms with Gasteiger partial charge in [-0.15, -0.1) is 0 Å². The molecule has 1 heterocycles. The first-order valence-corrected chi connectivity index (χ1v) is 7.00. The maximum Gasteiger partial charge on any atom is 0.430 e. The van der Waals surface area contributed by atoms with Gasteiger partial charge < -0.3 is 9.47 Å². The van der Waals surface area contributed by atoms with Gasteiger partial charge in [0, 0.05) is 5.56 Å². The van der Waals surface area contributed by atoms with Gasteiger partial charge in [-0.05, 0) is 36.6 Å². The second-order valence-electron chi connectivity index (χ2n) is 5.31. The highest BCUT2D eigenvalue weighted by molar-refractivity contribution is 5.96. The Hall–Kier alpha value is -1.98. The quantitative estimate of drug-likeness (QED) is 0.789. The van der Waals surface area contributed by atoms with Crippen molar-refractivity contribution >= 4 is 12.0 Å². The molecule has 22 heavy (non-hydrogen) atoms. The first-order chi connectivity index (χ1) is 10.2. The van der Waals surface area contributed by atoms with E-state index >= 15 is 0 Å². The second-order valence-corrected chi connectivity index (χ2v) is 5.31. The van der Waals surface area contributed by atoms with Gasteiger partial charge in [0.05, 0.1) is 12.2 Å². The van der Waals surface area contributed by atoms with Crippen LogP contribution in [0.1, 0.15) is 37.8 Å². The molecule has 0 radical (unpaired) electrons. The summed E-state index contributed by atoms with van der Waals surface area (Å²) in [5, 5.41) is 0. The van der Waals surface area contributed by atoms with E-state index in [1.165, 1.54) is 19.1 Å². The van der Waals surface area contributed by atoms with Gasteiger partial charge in [0.1, 0.15) is 5.75 Å². The summed E-state index contributed by atoms with van der Waals surface area (Å²) in [6.45, 7) is 5.48. The van der Waals surface area contributed by atoms with Crippen LogP contribution in [0.25, 0.3) is 6.08 Å². The summed E-state index contributed by atoms with van der Waals surface area (Å²) in [5.41, 5.74) is 0.879. The molecule has 0 aliphatic carbocycles. The number of hydrogen-bond donors (Lipinski definition) is 0. The average molecular weight is 314 g/mol. The van der Waals surface area contributed by atoms with Crippen LogP contribution in [0.5, 0.6) is 5.75 Å². The highest BCUT2D eigenvalue weighted by Gasteiger charge is 2.48. The van der Waals surface area contributed by atoms with Gasteiger partial charge in [-0.1, -0.05) is 19.9 Å². The minimum Gasteiger partial charge on any atom is -0.475 e. The molecule has 1 aliphatic rings. The molecule has 1 unspecified atom stereocenters. The van der Waals surface area contributed by atoms with Crippen LogP contribution in [-0.2, 0) is 9.53 Å². The molecule has 0 saturated carbocycles. The number of ether oxygens (including phenoxy) is 2. The summed E-state index contributed by atoms with van der Waals surface area (Å²) in [6.07, 6.45) is -5.78. The summed E-state index contributed by atoms with van der Waals surface area (Å²) in [5.74, 6) is -0.685. The molecule has 6 heteroatoms. The van der Waals surface area contributed by atoms with Crippen LogP contribution in [0, 0.1) is 0 Å². The Labute approximate surface area is 126 Å². The molecule has 0 saturated heterocycles. The van der Waals surface area contributed by atoms with Crippen molar-refractivity contribution in [2.24, 2.45) is 0 Å². The van der Waals surface area contributed by atoms with E-state index in [9.17, 15) is 18.0 Å². The highest BCUT2D eigenvalue weighted by atomic mass is 19.4. The van der Waals surface area contributed by atoms with E-state index in [-0.39, 0.29) is 18.3 Å². The second kappa shape index (κ2) is 6.02. The maximum atomic E-state index is 13.1. The van der Waals surface area contributed by atoms with Crippen LogP contribution in [0.15, 0.2) is 23.8 Å². The smallest absolute Gasteiger partial charge is 0.430 e. The zero-order chi connectivity index (χ0) is 16.5. The van der Waals surface area contributed by atoms with Crippen LogP contribution in [0.2, 0.25) is 0 Å². The zero-order valence-corrected chi connectivity index (χ0v) is 12.5. The van der Waals surface area contributed by atoms with Gasteiger partial charge in [-0.2, -0.15) is 13.2 Å². The zero-order valence-electron chi connectivity index (χ0n) is 12.5. The Morgan fingerprint density at radius 2 is 2.05 bits per heavy atom. The molecule has 1 atom stereocenters. The molecule has 0 amide bonds. The molecule has 120 valence electrons. The molecular weight excluding hydrogens is 297 g/mol. The van der Waals surface area contributed by atoms with Crippen LogP contribution in [-0.4, -0.2) is 24.9 Å². The number of hydrogen-bond acceptors (Lipinski definition) is 3. The maximum absolute atomic E-state index is 13.1. The topological polar surface area (TPSA) is 35.5 Å². The van der Waals surface area contributed by atoms with Crippen molar-refractivity contribution in [3.63, 3.8) is 0 Å². The van der Waals surface area contributed by atoms with E-state index in [1.54, 1.807) is 12.1 Å². The van der Waals surface area contributed by atoms with Crippen LogP contribution >= 0.6 is 0 Å². The number of carbonyl (C=O) groups is 1. The minimum atomic E-state index is -4.69. The van der Waals surface area contributed by atoms with Gasteiger partial charge in [0.25, 0.3) is 0 Å². The Balaban J connectivity index is 2.49. The monoisotopic (exact) mass is 314 g/mol. The molecule has 2 rings (SSSR count). The third-order valence-corrected chi connectivity index (χ3v) is 3.35. The standard InChI is InChI=1S/C16H17F3O3/c1-4-21-15(20)12-8-11-7-10(9(2)3)5-6-13(11)22-14(12)16(17,18)19/h5-9,14H,4H2,1-3H3. The fraction of sp³-hybridized carbons (Fsp3) is 0.438. The van der Waals surface area contributed by atoms with Crippen LogP contribution in [0.3, 0.4) is 0 Å². The summed E-state index contributed by atoms with van der Waals surface area (Å²) < 4.78 is 49.1. The van der Waals surface area contributed by atoms with E-state index in [2.05, 4.69) is 0 Å². The summed E-state index contributed by atoms with van der Waals surface area (Å²) in [4.78, 5) is 11.8. The Morgan fingerprint density at radius 3 is 2.59 bits per heavy atom. The first kappa shape index (κ1) is 16.4. The van der Waals surface area contributed by atoms with Gasteiger partial charge >= 0.3 is 12.1 Å². The lowest BCUT2D eigenvalue weighted by atomic mass is 9.96. The number of halogens is 3. The van der Waals surface area contributed by atoms with Crippen LogP contribution in [0.4, 0.5) is 13.2 Å². The summed E-state index contributed by atoms with van der Waals surface area (Å²) in [7, 11) is 0. The van der Waals surface area contributed by atoms with E-state index in [0.717, 1.165) is 5.56 Å². The minimum absolute atomic E-state index is 0.000356.